The Balaban J connectivity index is 2.03. The van der Waals surface area contributed by atoms with Gasteiger partial charge < -0.3 is 15.0 Å². The Morgan fingerprint density at radius 1 is 1.20 bits per heavy atom. The minimum Gasteiger partial charge on any atom is -0.372 e. The molecule has 0 aliphatic carbocycles. The van der Waals surface area contributed by atoms with E-state index in [1.54, 1.807) is 18.5 Å². The van der Waals surface area contributed by atoms with E-state index < -0.39 is 5.91 Å². The summed E-state index contributed by atoms with van der Waals surface area (Å²) in [6.07, 6.45) is 4.87. The molecule has 3 rings (SSSR count). The summed E-state index contributed by atoms with van der Waals surface area (Å²) < 4.78 is 5.86. The van der Waals surface area contributed by atoms with E-state index in [0.717, 1.165) is 16.8 Å². The molecule has 1 fully saturated rings. The third-order valence-electron chi connectivity index (χ3n) is 4.66. The van der Waals surface area contributed by atoms with Crippen molar-refractivity contribution in [3.63, 3.8) is 0 Å². The van der Waals surface area contributed by atoms with E-state index in [2.05, 4.69) is 30.9 Å². The van der Waals surface area contributed by atoms with Gasteiger partial charge in [0.1, 0.15) is 5.82 Å². The largest absolute Gasteiger partial charge is 0.372 e. The van der Waals surface area contributed by atoms with Crippen LogP contribution in [0, 0.1) is 0 Å². The third kappa shape index (κ3) is 5.02. The van der Waals surface area contributed by atoms with Gasteiger partial charge in [0, 0.05) is 55.4 Å². The molecule has 0 spiro atoms. The van der Waals surface area contributed by atoms with Gasteiger partial charge in [-0.3, -0.25) is 20.5 Å². The van der Waals surface area contributed by atoms with Crippen LogP contribution < -0.4 is 26.8 Å². The van der Waals surface area contributed by atoms with Gasteiger partial charge in [-0.1, -0.05) is 0 Å². The molecule has 5 N–H and O–H groups in total. The summed E-state index contributed by atoms with van der Waals surface area (Å²) in [6.45, 7) is 7.75. The molecule has 10 nitrogen and oxygen atoms in total. The Labute approximate surface area is 175 Å². The van der Waals surface area contributed by atoms with Crippen molar-refractivity contribution in [3.05, 3.63) is 36.3 Å². The Bertz CT molecular complexity index is 911. The highest BCUT2D eigenvalue weighted by Gasteiger charge is 2.25. The zero-order valence-corrected chi connectivity index (χ0v) is 17.3. The second-order valence-electron chi connectivity index (χ2n) is 7.17. The molecule has 0 aromatic carbocycles. The highest BCUT2D eigenvalue weighted by Crippen LogP contribution is 2.34. The van der Waals surface area contributed by atoms with Crippen LogP contribution in [0.3, 0.4) is 0 Å². The average Bonchev–Trinajstić information content (AvgIpc) is 2.72. The smallest absolute Gasteiger partial charge is 0.320 e. The van der Waals surface area contributed by atoms with Gasteiger partial charge in [0.25, 0.3) is 5.91 Å². The van der Waals surface area contributed by atoms with Crippen molar-refractivity contribution in [1.82, 2.24) is 20.7 Å². The number of hydrogen-bond donors (Lipinski definition) is 4. The predicted molar refractivity (Wildman–Crippen MR) is 114 cm³/mol. The van der Waals surface area contributed by atoms with Gasteiger partial charge in [0.2, 0.25) is 0 Å². The summed E-state index contributed by atoms with van der Waals surface area (Å²) in [5.74, 6) is 5.25. The number of aromatic nitrogens is 2. The number of nitrogens with one attached hydrogen (secondary N) is 3. The van der Waals surface area contributed by atoms with E-state index in [1.165, 1.54) is 6.20 Å². The molecule has 1 aliphatic rings. The molecule has 2 aromatic rings. The zero-order chi connectivity index (χ0) is 21.7. The van der Waals surface area contributed by atoms with Crippen molar-refractivity contribution in [2.75, 3.05) is 29.9 Å². The fourth-order valence-electron chi connectivity index (χ4n) is 3.49. The number of carbonyl (C=O) groups excluding carboxylic acids is 2. The quantitative estimate of drug-likeness (QED) is 0.331. The minimum absolute atomic E-state index is 0.0436. The SMILES string of the molecule is CCNC(=O)Nc1cc(N2CC(C)OC(C)C2)c(-c2cncc(C(=O)NN)c2)cn1. The lowest BCUT2D eigenvalue weighted by molar-refractivity contribution is -0.00518. The van der Waals surface area contributed by atoms with Crippen molar-refractivity contribution >= 4 is 23.4 Å². The number of nitrogen functional groups attached to an aromatic ring is 1. The van der Waals surface area contributed by atoms with Crippen LogP contribution in [0.25, 0.3) is 11.1 Å². The van der Waals surface area contributed by atoms with Crippen molar-refractivity contribution in [2.45, 2.75) is 33.0 Å². The number of hydrazine groups is 1. The van der Waals surface area contributed by atoms with Gasteiger partial charge in [0.05, 0.1) is 23.5 Å². The number of nitrogens with zero attached hydrogens (tertiary/aromatic N) is 3. The second kappa shape index (κ2) is 9.51. The molecule has 0 saturated carbocycles. The van der Waals surface area contributed by atoms with Crippen molar-refractivity contribution in [1.29, 1.82) is 0 Å². The van der Waals surface area contributed by atoms with E-state index in [9.17, 15) is 9.59 Å². The highest BCUT2D eigenvalue weighted by molar-refractivity contribution is 5.95. The van der Waals surface area contributed by atoms with Gasteiger partial charge >= 0.3 is 6.03 Å². The number of carbonyl (C=O) groups is 2. The van der Waals surface area contributed by atoms with E-state index in [4.69, 9.17) is 10.6 Å². The van der Waals surface area contributed by atoms with Crippen LogP contribution in [0.5, 0.6) is 0 Å². The topological polar surface area (TPSA) is 134 Å². The first-order valence-corrected chi connectivity index (χ1v) is 9.83. The Kier molecular flexibility index (Phi) is 6.80. The first kappa shape index (κ1) is 21.5. The summed E-state index contributed by atoms with van der Waals surface area (Å²) >= 11 is 0. The molecule has 0 radical (unpaired) electrons. The first-order valence-electron chi connectivity index (χ1n) is 9.83. The van der Waals surface area contributed by atoms with Gasteiger partial charge in [-0.25, -0.2) is 15.6 Å². The maximum atomic E-state index is 11.9. The van der Waals surface area contributed by atoms with E-state index in [0.29, 0.717) is 31.0 Å². The molecular weight excluding hydrogens is 386 g/mol. The predicted octanol–water partition coefficient (Wildman–Crippen LogP) is 1.50. The first-order chi connectivity index (χ1) is 14.4. The van der Waals surface area contributed by atoms with Gasteiger partial charge in [-0.15, -0.1) is 0 Å². The van der Waals surface area contributed by atoms with Gasteiger partial charge in [-0.05, 0) is 26.8 Å². The molecule has 30 heavy (non-hydrogen) atoms. The van der Waals surface area contributed by atoms with Crippen LogP contribution in [-0.2, 0) is 4.74 Å². The lowest BCUT2D eigenvalue weighted by Gasteiger charge is -2.37. The fraction of sp³-hybridized carbons (Fsp3) is 0.400. The summed E-state index contributed by atoms with van der Waals surface area (Å²) in [5.41, 5.74) is 4.83. The van der Waals surface area contributed by atoms with Crippen molar-refractivity contribution in [3.8, 4) is 11.1 Å². The Morgan fingerprint density at radius 3 is 2.60 bits per heavy atom. The number of hydrogen-bond acceptors (Lipinski definition) is 7. The zero-order valence-electron chi connectivity index (χ0n) is 17.3. The van der Waals surface area contributed by atoms with Gasteiger partial charge in [0.15, 0.2) is 0 Å². The van der Waals surface area contributed by atoms with Crippen LogP contribution >= 0.6 is 0 Å². The van der Waals surface area contributed by atoms with Crippen LogP contribution in [0.1, 0.15) is 31.1 Å². The van der Waals surface area contributed by atoms with Crippen LogP contribution in [-0.4, -0.2) is 53.7 Å². The monoisotopic (exact) mass is 413 g/mol. The molecule has 2 unspecified atom stereocenters. The standard InChI is InChI=1S/C20H27N7O3/c1-4-23-20(29)25-18-6-17(27-10-12(2)30-13(3)11-27)16(9-24-18)14-5-15(8-22-7-14)19(28)26-21/h5-9,12-13H,4,10-11,21H2,1-3H3,(H,26,28)(H2,23,24,25,29). The van der Waals surface area contributed by atoms with Crippen LogP contribution in [0.2, 0.25) is 0 Å². The lowest BCUT2D eigenvalue weighted by Crippen LogP contribution is -2.45. The summed E-state index contributed by atoms with van der Waals surface area (Å²) in [6, 6.07) is 3.21. The van der Waals surface area contributed by atoms with Crippen LogP contribution in [0.4, 0.5) is 16.3 Å². The number of morpholine rings is 1. The summed E-state index contributed by atoms with van der Waals surface area (Å²) in [5, 5.41) is 5.44. The highest BCUT2D eigenvalue weighted by atomic mass is 16.5. The number of rotatable bonds is 5. The van der Waals surface area contributed by atoms with Crippen molar-refractivity contribution < 1.29 is 14.3 Å². The molecule has 3 heterocycles. The number of ether oxygens (including phenoxy) is 1. The van der Waals surface area contributed by atoms with Crippen LogP contribution in [0.15, 0.2) is 30.7 Å². The van der Waals surface area contributed by atoms with Gasteiger partial charge in [-0.2, -0.15) is 0 Å². The third-order valence-corrected chi connectivity index (χ3v) is 4.66. The van der Waals surface area contributed by atoms with E-state index in [-0.39, 0.29) is 18.2 Å². The molecule has 3 amide bonds. The number of pyridine rings is 2. The number of urea groups is 1. The molecule has 1 aliphatic heterocycles. The Hall–Kier alpha value is -3.24. The van der Waals surface area contributed by atoms with E-state index >= 15 is 0 Å². The minimum atomic E-state index is -0.429. The maximum Gasteiger partial charge on any atom is 0.320 e. The molecule has 2 atom stereocenters. The average molecular weight is 413 g/mol. The maximum absolute atomic E-state index is 11.9. The second-order valence-corrected chi connectivity index (χ2v) is 7.17. The molecule has 160 valence electrons. The molecule has 1 saturated heterocycles. The number of amides is 3. The normalized spacial score (nSPS) is 18.6. The number of anilines is 2. The fourth-order valence-corrected chi connectivity index (χ4v) is 3.49. The lowest BCUT2D eigenvalue weighted by atomic mass is 10.0. The summed E-state index contributed by atoms with van der Waals surface area (Å²) in [4.78, 5) is 34.6. The van der Waals surface area contributed by atoms with E-state index in [1.807, 2.05) is 26.8 Å². The number of nitrogens with two attached hydrogens (primary N) is 1. The molecule has 2 aromatic heterocycles. The Morgan fingerprint density at radius 2 is 1.93 bits per heavy atom. The molecular formula is C20H27N7O3. The van der Waals surface area contributed by atoms with Crippen molar-refractivity contribution in [2.24, 2.45) is 5.84 Å². The molecule has 0 bridgehead atoms. The molecule has 10 heteroatoms. The summed E-state index contributed by atoms with van der Waals surface area (Å²) in [7, 11) is 0.